The Balaban J connectivity index is 0.000000110. The third-order valence-electron chi connectivity index (χ3n) is 26.2. The lowest BCUT2D eigenvalue weighted by atomic mass is 9.82. The Labute approximate surface area is 773 Å². The SMILES string of the molecule is CC1(C)c2ccccc2-c2ccc(N(c3ccccc3)c3ccc4ccc5nc(-c6ccccc6)oc5c4c3)cc21.c1ccc(-c2nc3c(ccc4ccc5cc(-c6ccc(N(c7ccccc7)c7ccc8ccccc8c7)cc6)ccc5c43)s2)cc1.c1ccc(-c2nc3ccc4ccc5cc(-c6ccc(N(c7ccccc7)c7ccc8ccccc8c7)cc6)ccc5c4c3o2)cc1. The van der Waals surface area contributed by atoms with Gasteiger partial charge in [0.05, 0.1) is 10.2 Å². The van der Waals surface area contributed by atoms with Gasteiger partial charge in [-0.05, 0) is 268 Å². The van der Waals surface area contributed by atoms with Crippen LogP contribution in [0, 0.1) is 0 Å². The Hall–Kier alpha value is -17.1. The van der Waals surface area contributed by atoms with Crippen LogP contribution < -0.4 is 14.7 Å². The minimum Gasteiger partial charge on any atom is -0.435 e. The molecule has 26 rings (SSSR count). The van der Waals surface area contributed by atoms with Crippen molar-refractivity contribution >= 4 is 170 Å². The van der Waals surface area contributed by atoms with Crippen molar-refractivity contribution in [2.24, 2.45) is 0 Å². The topological polar surface area (TPSA) is 74.7 Å². The summed E-state index contributed by atoms with van der Waals surface area (Å²) < 4.78 is 14.0. The number of benzene rings is 22. The lowest BCUT2D eigenvalue weighted by molar-refractivity contribution is 0.622. The zero-order valence-corrected chi connectivity index (χ0v) is 73.8. The number of rotatable bonds is 14. The van der Waals surface area contributed by atoms with Crippen molar-refractivity contribution in [1.29, 1.82) is 0 Å². The van der Waals surface area contributed by atoms with Crippen LogP contribution in [0.5, 0.6) is 0 Å². The van der Waals surface area contributed by atoms with Crippen molar-refractivity contribution in [3.8, 4) is 66.9 Å². The molecule has 628 valence electrons. The fourth-order valence-corrected chi connectivity index (χ4v) is 20.5. The van der Waals surface area contributed by atoms with Gasteiger partial charge in [0.2, 0.25) is 11.8 Å². The molecule has 0 saturated heterocycles. The predicted molar refractivity (Wildman–Crippen MR) is 559 cm³/mol. The molecule has 133 heavy (non-hydrogen) atoms. The molecule has 0 aliphatic heterocycles. The summed E-state index contributed by atoms with van der Waals surface area (Å²) in [6.07, 6.45) is 0. The largest absolute Gasteiger partial charge is 0.435 e. The highest BCUT2D eigenvalue weighted by Crippen LogP contribution is 2.52. The third kappa shape index (κ3) is 14.8. The van der Waals surface area contributed by atoms with E-state index in [9.17, 15) is 0 Å². The number of anilines is 9. The first-order valence-corrected chi connectivity index (χ1v) is 46.0. The Bertz CT molecular complexity index is 8370. The van der Waals surface area contributed by atoms with Gasteiger partial charge in [0, 0.05) is 89.5 Å². The van der Waals surface area contributed by atoms with Crippen molar-refractivity contribution in [3.05, 3.63) is 484 Å². The van der Waals surface area contributed by atoms with Crippen molar-refractivity contribution in [2.75, 3.05) is 14.7 Å². The smallest absolute Gasteiger partial charge is 0.227 e. The minimum atomic E-state index is -0.0759. The maximum Gasteiger partial charge on any atom is 0.227 e. The zero-order valence-electron chi connectivity index (χ0n) is 72.9. The number of aromatic nitrogens is 3. The van der Waals surface area contributed by atoms with Crippen molar-refractivity contribution in [2.45, 2.75) is 19.3 Å². The van der Waals surface area contributed by atoms with E-state index >= 15 is 0 Å². The lowest BCUT2D eigenvalue weighted by Gasteiger charge is -2.28. The standard InChI is InChI=1S/C43H28N2O.C43H28N2S.C38H28N2O/c1-3-10-32(11-4-1)43-44-40-26-21-31-15-16-35-27-34(20-25-39(35)41(31)42(40)46-43)30-17-22-37(23-18-30)45(36-13-5-2-6-14-36)38-24-19-29-9-7-8-12-33(29)28-38;1-3-10-32(11-4-1)43-44-42-40(46-43)26-21-31-15-16-35-27-34(20-25-39(35)41(31)42)30-17-22-37(23-18-30)45(36-13-5-2-6-14-36)38-24-19-29-9-7-8-12-33(29)28-38;1-38(2)33-16-10-9-15-30(33)31-21-20-29(24-34(31)38)40(27-13-7-4-8-14-27)28-19-17-25-18-22-35-36(32(25)23-28)41-37(39-35)26-11-5-3-6-12-26/h2*1-28H;3-24H,1-2H3. The highest BCUT2D eigenvalue weighted by Gasteiger charge is 2.36. The van der Waals surface area contributed by atoms with Crippen LogP contribution in [0.4, 0.5) is 51.2 Å². The van der Waals surface area contributed by atoms with E-state index in [2.05, 4.69) is 429 Å². The van der Waals surface area contributed by atoms with Crippen LogP contribution in [0.15, 0.2) is 482 Å². The second-order valence-corrected chi connectivity index (χ2v) is 35.6. The summed E-state index contributed by atoms with van der Waals surface area (Å²) in [6.45, 7) is 4.66. The highest BCUT2D eigenvalue weighted by molar-refractivity contribution is 7.21. The van der Waals surface area contributed by atoms with Crippen molar-refractivity contribution < 1.29 is 8.83 Å². The molecule has 0 amide bonds. The molecule has 0 N–H and O–H groups in total. The molecule has 9 heteroatoms. The number of thiazole rings is 1. The molecule has 0 atom stereocenters. The monoisotopic (exact) mass is 1720 g/mol. The van der Waals surface area contributed by atoms with Gasteiger partial charge in [0.15, 0.2) is 11.2 Å². The van der Waals surface area contributed by atoms with Crippen molar-refractivity contribution in [3.63, 3.8) is 0 Å². The molecular weight excluding hydrogens is 1640 g/mol. The summed E-state index contributed by atoms with van der Waals surface area (Å²) in [6, 6.07) is 168. The van der Waals surface area contributed by atoms with Crippen LogP contribution in [0.25, 0.3) is 175 Å². The summed E-state index contributed by atoms with van der Waals surface area (Å²) in [7, 11) is 0. The molecule has 0 bridgehead atoms. The normalized spacial score (nSPS) is 12.0. The molecule has 1 aliphatic carbocycles. The van der Waals surface area contributed by atoms with Gasteiger partial charge >= 0.3 is 0 Å². The molecule has 0 spiro atoms. The second-order valence-electron chi connectivity index (χ2n) is 34.6. The number of fused-ring (bicyclic) bond motifs is 18. The van der Waals surface area contributed by atoms with Crippen LogP contribution in [-0.4, -0.2) is 15.0 Å². The van der Waals surface area contributed by atoms with Crippen LogP contribution in [0.3, 0.4) is 0 Å². The molecule has 0 saturated carbocycles. The Morgan fingerprint density at radius 2 is 0.594 bits per heavy atom. The lowest BCUT2D eigenvalue weighted by Crippen LogP contribution is -2.16. The first-order valence-electron chi connectivity index (χ1n) is 45.1. The number of oxazole rings is 2. The van der Waals surface area contributed by atoms with Crippen LogP contribution in [-0.2, 0) is 5.41 Å². The summed E-state index contributed by atoms with van der Waals surface area (Å²) in [5, 5.41) is 17.6. The number of hydrogen-bond donors (Lipinski definition) is 0. The van der Waals surface area contributed by atoms with Crippen LogP contribution in [0.1, 0.15) is 25.0 Å². The number of para-hydroxylation sites is 3. The van der Waals surface area contributed by atoms with E-state index in [1.54, 1.807) is 11.3 Å². The Kier molecular flexibility index (Phi) is 20.0. The summed E-state index contributed by atoms with van der Waals surface area (Å²) in [5.41, 5.74) is 27.6. The maximum atomic E-state index is 6.41. The van der Waals surface area contributed by atoms with Crippen LogP contribution >= 0.6 is 11.3 Å². The maximum absolute atomic E-state index is 6.41. The molecular formula is C124H84N6O2S. The summed E-state index contributed by atoms with van der Waals surface area (Å²) in [4.78, 5) is 21.8. The third-order valence-corrected chi connectivity index (χ3v) is 27.2. The van der Waals surface area contributed by atoms with E-state index < -0.39 is 0 Å². The van der Waals surface area contributed by atoms with E-state index in [1.165, 1.54) is 97.7 Å². The Morgan fingerprint density at radius 1 is 0.226 bits per heavy atom. The molecule has 3 heterocycles. The van der Waals surface area contributed by atoms with Crippen LogP contribution in [0.2, 0.25) is 0 Å². The van der Waals surface area contributed by atoms with Gasteiger partial charge in [0.25, 0.3) is 0 Å². The van der Waals surface area contributed by atoms with E-state index in [-0.39, 0.29) is 5.41 Å². The summed E-state index contributed by atoms with van der Waals surface area (Å²) >= 11 is 1.76. The molecule has 1 aliphatic rings. The van der Waals surface area contributed by atoms with Gasteiger partial charge in [0.1, 0.15) is 16.0 Å². The van der Waals surface area contributed by atoms with Gasteiger partial charge in [-0.1, -0.05) is 323 Å². The Morgan fingerprint density at radius 3 is 1.14 bits per heavy atom. The van der Waals surface area contributed by atoms with E-state index in [0.29, 0.717) is 11.8 Å². The van der Waals surface area contributed by atoms with Gasteiger partial charge in [-0.25, -0.2) is 15.0 Å². The molecule has 3 aromatic heterocycles. The summed E-state index contributed by atoms with van der Waals surface area (Å²) in [5.74, 6) is 1.28. The molecule has 25 aromatic rings. The molecule has 0 unspecified atom stereocenters. The van der Waals surface area contributed by atoms with Crippen molar-refractivity contribution in [1.82, 2.24) is 15.0 Å². The molecule has 0 radical (unpaired) electrons. The van der Waals surface area contributed by atoms with E-state index in [0.717, 1.165) is 128 Å². The van der Waals surface area contributed by atoms with E-state index in [1.807, 2.05) is 72.8 Å². The average Bonchev–Trinajstić information content (AvgIpc) is 1.63. The van der Waals surface area contributed by atoms with Gasteiger partial charge in [-0.2, -0.15) is 0 Å². The second kappa shape index (κ2) is 33.5. The highest BCUT2D eigenvalue weighted by atomic mass is 32.1. The number of hydrogen-bond acceptors (Lipinski definition) is 9. The average molecular weight is 1720 g/mol. The quantitative estimate of drug-likeness (QED) is 0.0997. The van der Waals surface area contributed by atoms with E-state index in [4.69, 9.17) is 23.8 Å². The fraction of sp³-hybridized carbons (Fsp3) is 0.0242. The molecule has 0 fully saturated rings. The van der Waals surface area contributed by atoms with Gasteiger partial charge < -0.3 is 23.5 Å². The first kappa shape index (κ1) is 79.3. The van der Waals surface area contributed by atoms with Gasteiger partial charge in [-0.15, -0.1) is 11.3 Å². The minimum absolute atomic E-state index is 0.0759. The predicted octanol–water partition coefficient (Wildman–Crippen LogP) is 35.1. The molecule has 8 nitrogen and oxygen atoms in total. The molecule has 22 aromatic carbocycles. The van der Waals surface area contributed by atoms with Gasteiger partial charge in [-0.3, -0.25) is 0 Å². The first-order chi connectivity index (χ1) is 65.6. The number of nitrogens with zero attached hydrogens (tertiary/aromatic N) is 6. The zero-order chi connectivity index (χ0) is 88.5. The fourth-order valence-electron chi connectivity index (χ4n) is 19.5.